The molecule has 1 fully saturated rings. The van der Waals surface area contributed by atoms with Gasteiger partial charge in [-0.05, 0) is 30.2 Å². The molecule has 0 unspecified atom stereocenters. The highest BCUT2D eigenvalue weighted by Gasteiger charge is 2.23. The number of benzene rings is 1. The van der Waals surface area contributed by atoms with Gasteiger partial charge in [0, 0.05) is 49.4 Å². The molecule has 1 aromatic carbocycles. The average Bonchev–Trinajstić information content (AvgIpc) is 3.10. The van der Waals surface area contributed by atoms with Crippen molar-refractivity contribution in [3.8, 4) is 0 Å². The van der Waals surface area contributed by atoms with Crippen molar-refractivity contribution in [1.29, 1.82) is 0 Å². The summed E-state index contributed by atoms with van der Waals surface area (Å²) in [6.45, 7) is 4.33. The van der Waals surface area contributed by atoms with E-state index in [2.05, 4.69) is 44.8 Å². The van der Waals surface area contributed by atoms with Crippen molar-refractivity contribution in [3.63, 3.8) is 0 Å². The number of nitrogens with one attached hydrogen (secondary N) is 2. The first-order chi connectivity index (χ1) is 14.9. The largest absolute Gasteiger partial charge is 0.397 e. The van der Waals surface area contributed by atoms with Gasteiger partial charge in [-0.25, -0.2) is 13.8 Å². The number of amides is 1. The summed E-state index contributed by atoms with van der Waals surface area (Å²) in [6.07, 6.45) is -2.11. The van der Waals surface area contributed by atoms with Crippen LogP contribution < -0.4 is 27.0 Å². The summed E-state index contributed by atoms with van der Waals surface area (Å²) in [7, 11) is 0. The van der Waals surface area contributed by atoms with E-state index < -0.39 is 12.3 Å². The Kier molecular flexibility index (Phi) is 6.19. The van der Waals surface area contributed by atoms with Gasteiger partial charge < -0.3 is 27.0 Å². The van der Waals surface area contributed by atoms with Crippen molar-refractivity contribution in [1.82, 2.24) is 15.6 Å². The van der Waals surface area contributed by atoms with Crippen LogP contribution >= 0.6 is 11.3 Å². The second-order valence-corrected chi connectivity index (χ2v) is 8.37. The highest BCUT2D eigenvalue weighted by atomic mass is 32.1. The molecule has 1 amide bonds. The van der Waals surface area contributed by atoms with Crippen LogP contribution in [0.5, 0.6) is 0 Å². The van der Waals surface area contributed by atoms with Gasteiger partial charge in [0.2, 0.25) is 0 Å². The van der Waals surface area contributed by atoms with Crippen LogP contribution in [0.3, 0.4) is 0 Å². The smallest absolute Gasteiger partial charge is 0.264 e. The van der Waals surface area contributed by atoms with Gasteiger partial charge in [0.1, 0.15) is 15.5 Å². The first-order valence-corrected chi connectivity index (χ1v) is 10.8. The SMILES string of the molecule is Nc1cc(C(F)F)c2c(N)c(C(=O)NCCc3ccc(N4CCNCC4)cc3)sc2n1. The molecule has 1 aliphatic heterocycles. The lowest BCUT2D eigenvalue weighted by Crippen LogP contribution is -2.43. The molecule has 0 saturated carbocycles. The zero-order valence-electron chi connectivity index (χ0n) is 16.8. The van der Waals surface area contributed by atoms with Crippen molar-refractivity contribution in [2.24, 2.45) is 0 Å². The Labute approximate surface area is 182 Å². The Bertz CT molecular complexity index is 1080. The lowest BCUT2D eigenvalue weighted by atomic mass is 10.1. The quantitative estimate of drug-likeness (QED) is 0.464. The number of carbonyl (C=O) groups is 1. The maximum Gasteiger partial charge on any atom is 0.264 e. The number of thiophene rings is 1. The van der Waals surface area contributed by atoms with Gasteiger partial charge in [-0.3, -0.25) is 4.79 Å². The van der Waals surface area contributed by atoms with Gasteiger partial charge in [-0.1, -0.05) is 12.1 Å². The normalized spacial score (nSPS) is 14.4. The van der Waals surface area contributed by atoms with Gasteiger partial charge >= 0.3 is 0 Å². The number of alkyl halides is 2. The van der Waals surface area contributed by atoms with E-state index in [1.54, 1.807) is 0 Å². The van der Waals surface area contributed by atoms with Crippen molar-refractivity contribution >= 4 is 44.7 Å². The van der Waals surface area contributed by atoms with Gasteiger partial charge in [0.15, 0.2) is 0 Å². The van der Waals surface area contributed by atoms with E-state index in [9.17, 15) is 13.6 Å². The number of rotatable bonds is 6. The molecular formula is C21H24F2N6OS. The second-order valence-electron chi connectivity index (χ2n) is 7.37. The van der Waals surface area contributed by atoms with E-state index in [0.29, 0.717) is 13.0 Å². The Morgan fingerprint density at radius 3 is 2.61 bits per heavy atom. The maximum atomic E-state index is 13.4. The standard InChI is InChI=1S/C21H24F2N6OS/c22-19(23)14-11-15(24)28-21-16(14)17(25)18(31-21)20(30)27-6-5-12-1-3-13(4-2-12)29-9-7-26-8-10-29/h1-4,11,19,26H,5-10,25H2,(H2,24,28)(H,27,30). The minimum Gasteiger partial charge on any atom is -0.397 e. The highest BCUT2D eigenvalue weighted by Crippen LogP contribution is 2.39. The van der Waals surface area contributed by atoms with Crippen LogP contribution in [-0.2, 0) is 6.42 Å². The van der Waals surface area contributed by atoms with Crippen molar-refractivity contribution in [3.05, 3.63) is 46.3 Å². The van der Waals surface area contributed by atoms with Crippen LogP contribution in [0.15, 0.2) is 30.3 Å². The first kappa shape index (κ1) is 21.3. The summed E-state index contributed by atoms with van der Waals surface area (Å²) in [5.74, 6) is -0.433. The minimum atomic E-state index is -2.76. The molecule has 164 valence electrons. The molecule has 0 aliphatic carbocycles. The number of hydrogen-bond donors (Lipinski definition) is 4. The van der Waals surface area contributed by atoms with E-state index in [1.807, 2.05) is 0 Å². The molecule has 0 atom stereocenters. The third-order valence-corrected chi connectivity index (χ3v) is 6.41. The summed E-state index contributed by atoms with van der Waals surface area (Å²) >= 11 is 0.970. The van der Waals surface area contributed by atoms with E-state index in [-0.39, 0.29) is 32.2 Å². The van der Waals surface area contributed by atoms with Crippen LogP contribution in [0.4, 0.5) is 26.0 Å². The summed E-state index contributed by atoms with van der Waals surface area (Å²) in [6, 6.07) is 9.39. The van der Waals surface area contributed by atoms with E-state index in [1.165, 1.54) is 5.69 Å². The average molecular weight is 447 g/mol. The van der Waals surface area contributed by atoms with E-state index in [4.69, 9.17) is 11.5 Å². The third kappa shape index (κ3) is 4.54. The second kappa shape index (κ2) is 9.03. The lowest BCUT2D eigenvalue weighted by molar-refractivity contribution is 0.0959. The zero-order valence-corrected chi connectivity index (χ0v) is 17.6. The van der Waals surface area contributed by atoms with E-state index in [0.717, 1.165) is 49.1 Å². The molecule has 7 nitrogen and oxygen atoms in total. The summed E-state index contributed by atoms with van der Waals surface area (Å²) in [5, 5.41) is 6.25. The molecule has 2 aromatic heterocycles. The van der Waals surface area contributed by atoms with Crippen LogP contribution in [0.25, 0.3) is 10.2 Å². The number of nitrogens with zero attached hydrogens (tertiary/aromatic N) is 2. The maximum absolute atomic E-state index is 13.4. The van der Waals surface area contributed by atoms with Gasteiger partial charge in [0.25, 0.3) is 12.3 Å². The third-order valence-electron chi connectivity index (χ3n) is 5.31. The fourth-order valence-corrected chi connectivity index (χ4v) is 4.76. The molecule has 10 heteroatoms. The summed E-state index contributed by atoms with van der Waals surface area (Å²) in [4.78, 5) is 19.4. The van der Waals surface area contributed by atoms with Crippen LogP contribution in [-0.4, -0.2) is 43.6 Å². The Morgan fingerprint density at radius 2 is 1.94 bits per heavy atom. The molecule has 1 saturated heterocycles. The van der Waals surface area contributed by atoms with Crippen molar-refractivity contribution in [2.45, 2.75) is 12.8 Å². The number of carbonyl (C=O) groups excluding carboxylic acids is 1. The lowest BCUT2D eigenvalue weighted by Gasteiger charge is -2.29. The number of pyridine rings is 1. The highest BCUT2D eigenvalue weighted by molar-refractivity contribution is 7.21. The Hall–Kier alpha value is -2.98. The number of hydrogen-bond acceptors (Lipinski definition) is 7. The predicted molar refractivity (Wildman–Crippen MR) is 121 cm³/mol. The fourth-order valence-electron chi connectivity index (χ4n) is 3.71. The topological polar surface area (TPSA) is 109 Å². The number of nitrogen functional groups attached to an aromatic ring is 2. The number of aromatic nitrogens is 1. The number of fused-ring (bicyclic) bond motifs is 1. The van der Waals surface area contributed by atoms with Crippen LogP contribution in [0, 0.1) is 0 Å². The number of nitrogens with two attached hydrogens (primary N) is 2. The fraction of sp³-hybridized carbons (Fsp3) is 0.333. The van der Waals surface area contributed by atoms with Gasteiger partial charge in [-0.2, -0.15) is 0 Å². The molecule has 0 radical (unpaired) electrons. The summed E-state index contributed by atoms with van der Waals surface area (Å²) in [5.41, 5.74) is 13.6. The minimum absolute atomic E-state index is 0.0145. The number of anilines is 3. The molecule has 4 rings (SSSR count). The van der Waals surface area contributed by atoms with Crippen molar-refractivity contribution < 1.29 is 13.6 Å². The first-order valence-electron chi connectivity index (χ1n) is 10.0. The Morgan fingerprint density at radius 1 is 1.23 bits per heavy atom. The number of piperazine rings is 1. The van der Waals surface area contributed by atoms with Crippen LogP contribution in [0.1, 0.15) is 27.2 Å². The molecule has 0 spiro atoms. The van der Waals surface area contributed by atoms with Crippen LogP contribution in [0.2, 0.25) is 0 Å². The molecule has 6 N–H and O–H groups in total. The molecule has 3 aromatic rings. The predicted octanol–water partition coefficient (Wildman–Crippen LogP) is 2.78. The van der Waals surface area contributed by atoms with Crippen molar-refractivity contribution in [2.75, 3.05) is 49.1 Å². The van der Waals surface area contributed by atoms with E-state index >= 15 is 0 Å². The number of halogens is 2. The monoisotopic (exact) mass is 446 g/mol. The van der Waals surface area contributed by atoms with Gasteiger partial charge in [-0.15, -0.1) is 11.3 Å². The molecule has 31 heavy (non-hydrogen) atoms. The molecule has 3 heterocycles. The Balaban J connectivity index is 1.40. The zero-order chi connectivity index (χ0) is 22.0. The summed E-state index contributed by atoms with van der Waals surface area (Å²) < 4.78 is 26.7. The molecule has 0 bridgehead atoms. The molecular weight excluding hydrogens is 422 g/mol. The molecule has 1 aliphatic rings. The van der Waals surface area contributed by atoms with Gasteiger partial charge in [0.05, 0.1) is 5.69 Å².